The number of rotatable bonds is 3. The predicted molar refractivity (Wildman–Crippen MR) is 105 cm³/mol. The molecule has 7 heteroatoms. The van der Waals surface area contributed by atoms with Gasteiger partial charge in [-0.2, -0.15) is 0 Å². The third-order valence-corrected chi connectivity index (χ3v) is 6.32. The minimum atomic E-state index is 0.00509. The van der Waals surface area contributed by atoms with E-state index in [2.05, 4.69) is 9.88 Å². The molecule has 1 aromatic heterocycles. The van der Waals surface area contributed by atoms with Gasteiger partial charge in [-0.3, -0.25) is 14.5 Å². The van der Waals surface area contributed by atoms with Crippen LogP contribution < -0.4 is 0 Å². The summed E-state index contributed by atoms with van der Waals surface area (Å²) < 4.78 is 0. The van der Waals surface area contributed by atoms with Gasteiger partial charge in [0.05, 0.1) is 18.3 Å². The predicted octanol–water partition coefficient (Wildman–Crippen LogP) is 1.92. The van der Waals surface area contributed by atoms with E-state index in [1.54, 1.807) is 6.92 Å². The van der Waals surface area contributed by atoms with Gasteiger partial charge in [0.15, 0.2) is 5.82 Å². The van der Waals surface area contributed by atoms with Crippen molar-refractivity contribution in [2.75, 3.05) is 32.7 Å². The fourth-order valence-corrected chi connectivity index (χ4v) is 4.70. The number of hydrogen-bond acceptors (Lipinski definition) is 5. The number of amides is 2. The summed E-state index contributed by atoms with van der Waals surface area (Å²) in [7, 11) is 0. The maximum absolute atomic E-state index is 12.8. The highest BCUT2D eigenvalue weighted by Crippen LogP contribution is 2.30. The van der Waals surface area contributed by atoms with Crippen LogP contribution in [0.25, 0.3) is 0 Å². The Bertz CT molecular complexity index is 730. The number of carbonyl (C=O) groups excluding carboxylic acids is 2. The molecule has 4 rings (SSSR count). The zero-order valence-corrected chi connectivity index (χ0v) is 16.9. The number of hydrogen-bond donors (Lipinski definition) is 0. The van der Waals surface area contributed by atoms with Gasteiger partial charge in [0.2, 0.25) is 11.8 Å². The fraction of sp³-hybridized carbons (Fsp3) is 0.714. The summed E-state index contributed by atoms with van der Waals surface area (Å²) >= 11 is 0. The van der Waals surface area contributed by atoms with Crippen molar-refractivity contribution >= 4 is 11.8 Å². The Labute approximate surface area is 167 Å². The molecule has 0 spiro atoms. The summed E-state index contributed by atoms with van der Waals surface area (Å²) in [6, 6.07) is 0.00509. The molecular weight excluding hydrogens is 354 g/mol. The first-order valence-corrected chi connectivity index (χ1v) is 10.7. The number of aromatic nitrogens is 2. The molecule has 0 aromatic carbocycles. The van der Waals surface area contributed by atoms with E-state index in [9.17, 15) is 9.59 Å². The summed E-state index contributed by atoms with van der Waals surface area (Å²) in [5.74, 6) is 1.07. The molecule has 152 valence electrons. The number of fused-ring (bicyclic) bond motifs is 1. The molecular formula is C21H31N5O2. The Morgan fingerprint density at radius 3 is 2.61 bits per heavy atom. The summed E-state index contributed by atoms with van der Waals surface area (Å²) in [4.78, 5) is 40.1. The lowest BCUT2D eigenvalue weighted by Crippen LogP contribution is -2.43. The molecule has 3 aliphatic heterocycles. The standard InChI is InChI=1S/C21H31N5O2/c1-16(27)26-11-6-7-19(26)21-22-13-17-14-25(12-8-18(17)23-21)20(28)15-24-9-4-2-3-5-10-24/h13,19H,2-12,14-15H2,1H3/t19-/m0/s1. The average molecular weight is 386 g/mol. The largest absolute Gasteiger partial charge is 0.337 e. The highest BCUT2D eigenvalue weighted by Gasteiger charge is 2.31. The second-order valence-electron chi connectivity index (χ2n) is 8.33. The minimum absolute atomic E-state index is 0.00509. The first-order chi connectivity index (χ1) is 13.6. The molecule has 0 bridgehead atoms. The summed E-state index contributed by atoms with van der Waals surface area (Å²) in [6.45, 7) is 6.33. The quantitative estimate of drug-likeness (QED) is 0.795. The lowest BCUT2D eigenvalue weighted by atomic mass is 10.1. The van der Waals surface area contributed by atoms with E-state index >= 15 is 0 Å². The van der Waals surface area contributed by atoms with Crippen molar-refractivity contribution in [1.82, 2.24) is 24.7 Å². The van der Waals surface area contributed by atoms with Crippen LogP contribution in [0.3, 0.4) is 0 Å². The van der Waals surface area contributed by atoms with Gasteiger partial charge in [-0.05, 0) is 38.8 Å². The zero-order valence-electron chi connectivity index (χ0n) is 16.9. The van der Waals surface area contributed by atoms with Gasteiger partial charge in [0, 0.05) is 44.7 Å². The third-order valence-electron chi connectivity index (χ3n) is 6.32. The lowest BCUT2D eigenvalue weighted by molar-refractivity contribution is -0.133. The van der Waals surface area contributed by atoms with Crippen LogP contribution in [0.4, 0.5) is 0 Å². The SMILES string of the molecule is CC(=O)N1CCC[C@H]1c1ncc2c(n1)CCN(C(=O)CN1CCCCCC1)C2. The normalized spacial score (nSPS) is 23.4. The van der Waals surface area contributed by atoms with Crippen molar-refractivity contribution in [3.63, 3.8) is 0 Å². The molecule has 1 atom stereocenters. The van der Waals surface area contributed by atoms with Crippen LogP contribution in [0.1, 0.15) is 68.6 Å². The molecule has 0 saturated carbocycles. The second kappa shape index (κ2) is 8.55. The molecule has 0 unspecified atom stereocenters. The second-order valence-corrected chi connectivity index (χ2v) is 8.33. The van der Waals surface area contributed by atoms with Gasteiger partial charge >= 0.3 is 0 Å². The van der Waals surface area contributed by atoms with Crippen molar-refractivity contribution in [3.8, 4) is 0 Å². The maximum Gasteiger partial charge on any atom is 0.237 e. The van der Waals surface area contributed by atoms with Crippen molar-refractivity contribution < 1.29 is 9.59 Å². The van der Waals surface area contributed by atoms with Gasteiger partial charge in [0.1, 0.15) is 0 Å². The van der Waals surface area contributed by atoms with Crippen LogP contribution in [0, 0.1) is 0 Å². The van der Waals surface area contributed by atoms with Gasteiger partial charge < -0.3 is 9.80 Å². The molecule has 3 aliphatic rings. The van der Waals surface area contributed by atoms with Crippen LogP contribution >= 0.6 is 0 Å². The minimum Gasteiger partial charge on any atom is -0.337 e. The fourth-order valence-electron chi connectivity index (χ4n) is 4.70. The lowest BCUT2D eigenvalue weighted by Gasteiger charge is -2.31. The molecule has 7 nitrogen and oxygen atoms in total. The van der Waals surface area contributed by atoms with Gasteiger partial charge in [0.25, 0.3) is 0 Å². The summed E-state index contributed by atoms with van der Waals surface area (Å²) in [5, 5.41) is 0. The average Bonchev–Trinajstić information content (AvgIpc) is 3.06. The molecule has 4 heterocycles. The molecule has 0 aliphatic carbocycles. The molecule has 2 amide bonds. The molecule has 28 heavy (non-hydrogen) atoms. The van der Waals surface area contributed by atoms with E-state index in [0.29, 0.717) is 13.1 Å². The molecule has 1 aromatic rings. The van der Waals surface area contributed by atoms with Gasteiger partial charge in [-0.15, -0.1) is 0 Å². The first-order valence-electron chi connectivity index (χ1n) is 10.7. The number of likely N-dealkylation sites (tertiary alicyclic amines) is 2. The Kier molecular flexibility index (Phi) is 5.90. The maximum atomic E-state index is 12.8. The monoisotopic (exact) mass is 385 g/mol. The topological polar surface area (TPSA) is 69.6 Å². The van der Waals surface area contributed by atoms with Crippen LogP contribution in [-0.4, -0.2) is 69.2 Å². The van der Waals surface area contributed by atoms with E-state index in [-0.39, 0.29) is 17.9 Å². The van der Waals surface area contributed by atoms with Crippen molar-refractivity contribution in [2.24, 2.45) is 0 Å². The van der Waals surface area contributed by atoms with Crippen molar-refractivity contribution in [1.29, 1.82) is 0 Å². The Morgan fingerprint density at radius 2 is 1.86 bits per heavy atom. The van der Waals surface area contributed by atoms with Crippen molar-refractivity contribution in [3.05, 3.63) is 23.3 Å². The van der Waals surface area contributed by atoms with Crippen LogP contribution in [0.2, 0.25) is 0 Å². The molecule has 0 radical (unpaired) electrons. The van der Waals surface area contributed by atoms with E-state index in [1.165, 1.54) is 25.7 Å². The number of carbonyl (C=O) groups is 2. The summed E-state index contributed by atoms with van der Waals surface area (Å²) in [6.07, 6.45) is 9.54. The van der Waals surface area contributed by atoms with Crippen molar-refractivity contribution in [2.45, 2.75) is 64.5 Å². The smallest absolute Gasteiger partial charge is 0.237 e. The van der Waals surface area contributed by atoms with E-state index in [0.717, 1.165) is 62.5 Å². The summed E-state index contributed by atoms with van der Waals surface area (Å²) in [5.41, 5.74) is 2.09. The van der Waals surface area contributed by atoms with E-state index < -0.39 is 0 Å². The zero-order chi connectivity index (χ0) is 19.5. The van der Waals surface area contributed by atoms with Gasteiger partial charge in [-0.25, -0.2) is 9.97 Å². The van der Waals surface area contributed by atoms with Crippen LogP contribution in [-0.2, 0) is 22.6 Å². The van der Waals surface area contributed by atoms with E-state index in [1.807, 2.05) is 16.0 Å². The first kappa shape index (κ1) is 19.3. The Balaban J connectivity index is 1.40. The molecule has 2 fully saturated rings. The Hall–Kier alpha value is -2.02. The Morgan fingerprint density at radius 1 is 1.07 bits per heavy atom. The molecule has 0 N–H and O–H groups in total. The highest BCUT2D eigenvalue weighted by atomic mass is 16.2. The van der Waals surface area contributed by atoms with E-state index in [4.69, 9.17) is 4.98 Å². The number of nitrogens with zero attached hydrogens (tertiary/aromatic N) is 5. The van der Waals surface area contributed by atoms with Crippen LogP contribution in [0.5, 0.6) is 0 Å². The highest BCUT2D eigenvalue weighted by molar-refractivity contribution is 5.78. The third kappa shape index (κ3) is 4.19. The molecule has 2 saturated heterocycles. The van der Waals surface area contributed by atoms with Crippen LogP contribution in [0.15, 0.2) is 6.20 Å². The van der Waals surface area contributed by atoms with Gasteiger partial charge in [-0.1, -0.05) is 12.8 Å².